The maximum absolute atomic E-state index is 12.8. The minimum atomic E-state index is 0.0118. The lowest BCUT2D eigenvalue weighted by molar-refractivity contribution is -0.129. The van der Waals surface area contributed by atoms with Gasteiger partial charge in [-0.05, 0) is 30.5 Å². The Morgan fingerprint density at radius 3 is 2.65 bits per heavy atom. The zero-order chi connectivity index (χ0) is 16.4. The van der Waals surface area contributed by atoms with Crippen LogP contribution in [0.3, 0.4) is 0 Å². The van der Waals surface area contributed by atoms with E-state index in [0.717, 1.165) is 19.4 Å². The summed E-state index contributed by atoms with van der Waals surface area (Å²) in [5.41, 5.74) is 1.94. The molecule has 5 nitrogen and oxygen atoms in total. The number of nitrogens with zero attached hydrogens (tertiary/aromatic N) is 2. The fourth-order valence-electron chi connectivity index (χ4n) is 3.71. The largest absolute Gasteiger partial charge is 0.383 e. The van der Waals surface area contributed by atoms with Gasteiger partial charge in [-0.3, -0.25) is 9.59 Å². The molecule has 5 heteroatoms. The molecule has 0 saturated carbocycles. The molecule has 0 aromatic heterocycles. The van der Waals surface area contributed by atoms with Gasteiger partial charge in [-0.15, -0.1) is 0 Å². The maximum Gasteiger partial charge on any atom is 0.254 e. The minimum Gasteiger partial charge on any atom is -0.383 e. The number of benzene rings is 1. The molecule has 1 aromatic rings. The van der Waals surface area contributed by atoms with Crippen molar-refractivity contribution in [3.05, 3.63) is 35.4 Å². The third kappa shape index (κ3) is 2.98. The first kappa shape index (κ1) is 16.0. The summed E-state index contributed by atoms with van der Waals surface area (Å²) in [6.45, 7) is 3.98. The molecular formula is C18H24N2O3. The van der Waals surface area contributed by atoms with Crippen LogP contribution in [-0.2, 0) is 16.0 Å². The van der Waals surface area contributed by atoms with Gasteiger partial charge in [0.1, 0.15) is 0 Å². The molecule has 0 bridgehead atoms. The molecule has 2 heterocycles. The van der Waals surface area contributed by atoms with Gasteiger partial charge in [0.25, 0.3) is 5.91 Å². The molecule has 124 valence electrons. The molecule has 0 radical (unpaired) electrons. The molecule has 2 atom stereocenters. The molecule has 2 aliphatic heterocycles. The Balaban J connectivity index is 1.72. The number of amides is 2. The molecule has 0 aliphatic carbocycles. The SMILES string of the molecule is CCc1ccc(C(=O)N2CCC3C2CC(=O)N3CCOC)cc1. The molecular weight excluding hydrogens is 292 g/mol. The summed E-state index contributed by atoms with van der Waals surface area (Å²) in [7, 11) is 1.64. The van der Waals surface area contributed by atoms with Crippen LogP contribution in [0.15, 0.2) is 24.3 Å². The smallest absolute Gasteiger partial charge is 0.254 e. The predicted octanol–water partition coefficient (Wildman–Crippen LogP) is 1.71. The Morgan fingerprint density at radius 1 is 1.26 bits per heavy atom. The Morgan fingerprint density at radius 2 is 2.00 bits per heavy atom. The number of carbonyl (C=O) groups is 2. The third-order valence-corrected chi connectivity index (χ3v) is 5.02. The second-order valence-electron chi connectivity index (χ2n) is 6.26. The second-order valence-corrected chi connectivity index (χ2v) is 6.26. The zero-order valence-electron chi connectivity index (χ0n) is 13.8. The van der Waals surface area contributed by atoms with E-state index in [1.807, 2.05) is 34.1 Å². The standard InChI is InChI=1S/C18H24N2O3/c1-3-13-4-6-14(7-5-13)18(22)20-9-8-15-16(20)12-17(21)19(15)10-11-23-2/h4-7,15-16H,3,8-12H2,1-2H3. The van der Waals surface area contributed by atoms with E-state index in [1.165, 1.54) is 5.56 Å². The van der Waals surface area contributed by atoms with Gasteiger partial charge >= 0.3 is 0 Å². The van der Waals surface area contributed by atoms with Crippen LogP contribution >= 0.6 is 0 Å². The van der Waals surface area contributed by atoms with Gasteiger partial charge in [0, 0.05) is 32.2 Å². The maximum atomic E-state index is 12.8. The number of methoxy groups -OCH3 is 1. The number of ether oxygens (including phenoxy) is 1. The Labute approximate surface area is 137 Å². The molecule has 2 saturated heterocycles. The first-order valence-electron chi connectivity index (χ1n) is 8.34. The van der Waals surface area contributed by atoms with E-state index in [4.69, 9.17) is 4.74 Å². The summed E-state index contributed by atoms with van der Waals surface area (Å²) < 4.78 is 5.09. The molecule has 0 N–H and O–H groups in total. The molecule has 23 heavy (non-hydrogen) atoms. The van der Waals surface area contributed by atoms with E-state index >= 15 is 0 Å². The number of hydrogen-bond acceptors (Lipinski definition) is 3. The summed E-state index contributed by atoms with van der Waals surface area (Å²) in [6, 6.07) is 7.97. The fraction of sp³-hybridized carbons (Fsp3) is 0.556. The van der Waals surface area contributed by atoms with Gasteiger partial charge in [-0.25, -0.2) is 0 Å². The summed E-state index contributed by atoms with van der Waals surface area (Å²) in [5.74, 6) is 0.178. The lowest BCUT2D eigenvalue weighted by Gasteiger charge is -2.25. The molecule has 2 aliphatic rings. The van der Waals surface area contributed by atoms with Gasteiger partial charge in [0.15, 0.2) is 0 Å². The van der Waals surface area contributed by atoms with Crippen LogP contribution in [0.2, 0.25) is 0 Å². The quantitative estimate of drug-likeness (QED) is 0.831. The van der Waals surface area contributed by atoms with Gasteiger partial charge in [0.05, 0.1) is 18.7 Å². The highest BCUT2D eigenvalue weighted by atomic mass is 16.5. The number of fused-ring (bicyclic) bond motifs is 1. The monoisotopic (exact) mass is 316 g/mol. The summed E-state index contributed by atoms with van der Waals surface area (Å²) >= 11 is 0. The van der Waals surface area contributed by atoms with Crippen molar-refractivity contribution in [1.29, 1.82) is 0 Å². The van der Waals surface area contributed by atoms with Crippen molar-refractivity contribution in [3.63, 3.8) is 0 Å². The highest BCUT2D eigenvalue weighted by Gasteiger charge is 2.48. The van der Waals surface area contributed by atoms with Crippen LogP contribution in [-0.4, -0.2) is 60.5 Å². The second kappa shape index (κ2) is 6.71. The van der Waals surface area contributed by atoms with Crippen LogP contribution < -0.4 is 0 Å². The topological polar surface area (TPSA) is 49.9 Å². The molecule has 3 rings (SSSR count). The van der Waals surface area contributed by atoms with Crippen LogP contribution in [0.1, 0.15) is 35.7 Å². The highest BCUT2D eigenvalue weighted by Crippen LogP contribution is 2.33. The van der Waals surface area contributed by atoms with Gasteiger partial charge in [-0.2, -0.15) is 0 Å². The van der Waals surface area contributed by atoms with E-state index < -0.39 is 0 Å². The fourth-order valence-corrected chi connectivity index (χ4v) is 3.71. The highest BCUT2D eigenvalue weighted by molar-refractivity contribution is 5.95. The van der Waals surface area contributed by atoms with Gasteiger partial charge in [-0.1, -0.05) is 19.1 Å². The Kier molecular flexibility index (Phi) is 4.66. The molecule has 1 aromatic carbocycles. The van der Waals surface area contributed by atoms with Gasteiger partial charge in [0.2, 0.25) is 5.91 Å². The normalized spacial score (nSPS) is 23.5. The van der Waals surface area contributed by atoms with E-state index in [0.29, 0.717) is 25.1 Å². The molecule has 2 amide bonds. The predicted molar refractivity (Wildman–Crippen MR) is 87.3 cm³/mol. The van der Waals surface area contributed by atoms with Crippen molar-refractivity contribution in [2.24, 2.45) is 0 Å². The first-order chi connectivity index (χ1) is 11.2. The van der Waals surface area contributed by atoms with Crippen molar-refractivity contribution in [2.45, 2.75) is 38.3 Å². The average Bonchev–Trinajstić information content (AvgIpc) is 3.11. The van der Waals surface area contributed by atoms with Crippen LogP contribution in [0.4, 0.5) is 0 Å². The molecule has 2 fully saturated rings. The van der Waals surface area contributed by atoms with Crippen LogP contribution in [0, 0.1) is 0 Å². The van der Waals surface area contributed by atoms with E-state index in [2.05, 4.69) is 6.92 Å². The average molecular weight is 316 g/mol. The number of carbonyl (C=O) groups excluding carboxylic acids is 2. The van der Waals surface area contributed by atoms with Crippen molar-refractivity contribution < 1.29 is 14.3 Å². The van der Waals surface area contributed by atoms with Gasteiger partial charge < -0.3 is 14.5 Å². The minimum absolute atomic E-state index is 0.0118. The number of rotatable bonds is 5. The van der Waals surface area contributed by atoms with Crippen LogP contribution in [0.5, 0.6) is 0 Å². The van der Waals surface area contributed by atoms with Crippen molar-refractivity contribution in [1.82, 2.24) is 9.80 Å². The number of likely N-dealkylation sites (tertiary alicyclic amines) is 2. The molecule has 2 unspecified atom stereocenters. The Hall–Kier alpha value is -1.88. The summed E-state index contributed by atoms with van der Waals surface area (Å²) in [6.07, 6.45) is 2.26. The van der Waals surface area contributed by atoms with E-state index in [1.54, 1.807) is 7.11 Å². The zero-order valence-corrected chi connectivity index (χ0v) is 13.8. The van der Waals surface area contributed by atoms with Crippen molar-refractivity contribution in [3.8, 4) is 0 Å². The lowest BCUT2D eigenvalue weighted by Crippen LogP contribution is -2.40. The van der Waals surface area contributed by atoms with Crippen LogP contribution in [0.25, 0.3) is 0 Å². The Bertz CT molecular complexity index is 584. The number of hydrogen-bond donors (Lipinski definition) is 0. The first-order valence-corrected chi connectivity index (χ1v) is 8.34. The molecule has 0 spiro atoms. The summed E-state index contributed by atoms with van der Waals surface area (Å²) in [4.78, 5) is 28.8. The number of aryl methyl sites for hydroxylation is 1. The lowest BCUT2D eigenvalue weighted by atomic mass is 10.1. The van der Waals surface area contributed by atoms with Crippen molar-refractivity contribution in [2.75, 3.05) is 26.8 Å². The third-order valence-electron chi connectivity index (χ3n) is 5.02. The van der Waals surface area contributed by atoms with E-state index in [-0.39, 0.29) is 23.9 Å². The van der Waals surface area contributed by atoms with Crippen molar-refractivity contribution >= 4 is 11.8 Å². The summed E-state index contributed by atoms with van der Waals surface area (Å²) in [5, 5.41) is 0. The van der Waals surface area contributed by atoms with E-state index in [9.17, 15) is 9.59 Å².